The van der Waals surface area contributed by atoms with Crippen molar-refractivity contribution in [1.82, 2.24) is 14.8 Å². The van der Waals surface area contributed by atoms with Gasteiger partial charge < -0.3 is 13.9 Å². The standard InChI is InChI=1S/C16H17N3O3/c1-11-6-4-5-7-12(11)13-9-17-15(22-13)10-19-16(21-3)8-14(18-19)20-2/h4-9H,10H2,1-3H3. The molecular formula is C16H17N3O3. The molecule has 0 fully saturated rings. The third-order valence-electron chi connectivity index (χ3n) is 3.39. The van der Waals surface area contributed by atoms with E-state index in [0.717, 1.165) is 16.9 Å². The molecule has 22 heavy (non-hydrogen) atoms. The Morgan fingerprint density at radius 1 is 1.18 bits per heavy atom. The van der Waals surface area contributed by atoms with Gasteiger partial charge in [-0.25, -0.2) is 9.67 Å². The molecule has 0 radical (unpaired) electrons. The second kappa shape index (κ2) is 5.93. The zero-order valence-corrected chi connectivity index (χ0v) is 12.7. The van der Waals surface area contributed by atoms with Gasteiger partial charge in [0.1, 0.15) is 6.54 Å². The topological polar surface area (TPSA) is 62.3 Å². The van der Waals surface area contributed by atoms with Crippen LogP contribution in [0.25, 0.3) is 11.3 Å². The van der Waals surface area contributed by atoms with Crippen LogP contribution in [0, 0.1) is 6.92 Å². The molecule has 0 aliphatic carbocycles. The smallest absolute Gasteiger partial charge is 0.236 e. The van der Waals surface area contributed by atoms with E-state index in [0.29, 0.717) is 24.2 Å². The summed E-state index contributed by atoms with van der Waals surface area (Å²) in [5, 5.41) is 4.26. The number of nitrogens with zero attached hydrogens (tertiary/aromatic N) is 3. The van der Waals surface area contributed by atoms with Crippen molar-refractivity contribution in [1.29, 1.82) is 0 Å². The number of rotatable bonds is 5. The van der Waals surface area contributed by atoms with E-state index in [1.54, 1.807) is 31.2 Å². The van der Waals surface area contributed by atoms with Crippen LogP contribution < -0.4 is 9.47 Å². The first-order chi connectivity index (χ1) is 10.7. The van der Waals surface area contributed by atoms with Crippen LogP contribution in [0.2, 0.25) is 0 Å². The Morgan fingerprint density at radius 2 is 2.00 bits per heavy atom. The number of ether oxygens (including phenoxy) is 2. The average molecular weight is 299 g/mol. The van der Waals surface area contributed by atoms with Crippen LogP contribution >= 0.6 is 0 Å². The number of hydrogen-bond acceptors (Lipinski definition) is 5. The van der Waals surface area contributed by atoms with Gasteiger partial charge in [0.15, 0.2) is 5.76 Å². The molecule has 6 heteroatoms. The molecule has 0 bridgehead atoms. The first-order valence-electron chi connectivity index (χ1n) is 6.88. The normalized spacial score (nSPS) is 10.7. The second-order valence-electron chi connectivity index (χ2n) is 4.82. The minimum atomic E-state index is 0.373. The van der Waals surface area contributed by atoms with Crippen LogP contribution in [0.4, 0.5) is 0 Å². The Kier molecular flexibility index (Phi) is 3.82. The van der Waals surface area contributed by atoms with E-state index in [1.807, 2.05) is 31.2 Å². The monoisotopic (exact) mass is 299 g/mol. The lowest BCUT2D eigenvalue weighted by Crippen LogP contribution is -2.04. The highest BCUT2D eigenvalue weighted by molar-refractivity contribution is 5.60. The molecule has 6 nitrogen and oxygen atoms in total. The second-order valence-corrected chi connectivity index (χ2v) is 4.82. The van der Waals surface area contributed by atoms with Crippen molar-refractivity contribution in [2.45, 2.75) is 13.5 Å². The average Bonchev–Trinajstić information content (AvgIpc) is 3.15. The summed E-state index contributed by atoms with van der Waals surface area (Å²) in [5.41, 5.74) is 2.18. The largest absolute Gasteiger partial charge is 0.481 e. The minimum Gasteiger partial charge on any atom is -0.481 e. The lowest BCUT2D eigenvalue weighted by molar-refractivity contribution is 0.351. The van der Waals surface area contributed by atoms with Crippen LogP contribution in [-0.4, -0.2) is 29.0 Å². The van der Waals surface area contributed by atoms with Crippen molar-refractivity contribution in [3.63, 3.8) is 0 Å². The fraction of sp³-hybridized carbons (Fsp3) is 0.250. The first-order valence-corrected chi connectivity index (χ1v) is 6.88. The molecular weight excluding hydrogens is 282 g/mol. The molecule has 0 atom stereocenters. The number of benzene rings is 1. The third kappa shape index (κ3) is 2.67. The summed E-state index contributed by atoms with van der Waals surface area (Å²) in [5.74, 6) is 2.38. The maximum atomic E-state index is 5.83. The Hall–Kier alpha value is -2.76. The predicted octanol–water partition coefficient (Wildman–Crippen LogP) is 2.91. The molecule has 0 aliphatic heterocycles. The molecule has 0 amide bonds. The Labute approximate surface area is 128 Å². The van der Waals surface area contributed by atoms with Crippen LogP contribution in [-0.2, 0) is 6.54 Å². The van der Waals surface area contributed by atoms with Gasteiger partial charge in [-0.3, -0.25) is 0 Å². The van der Waals surface area contributed by atoms with Gasteiger partial charge >= 0.3 is 0 Å². The van der Waals surface area contributed by atoms with Gasteiger partial charge in [0.05, 0.1) is 26.5 Å². The van der Waals surface area contributed by atoms with E-state index in [1.165, 1.54) is 0 Å². The van der Waals surface area contributed by atoms with Crippen molar-refractivity contribution >= 4 is 0 Å². The third-order valence-corrected chi connectivity index (χ3v) is 3.39. The molecule has 2 aromatic heterocycles. The summed E-state index contributed by atoms with van der Waals surface area (Å²) < 4.78 is 17.8. The molecule has 0 unspecified atom stereocenters. The number of aryl methyl sites for hydroxylation is 1. The van der Waals surface area contributed by atoms with Crippen molar-refractivity contribution in [3.8, 4) is 23.1 Å². The number of methoxy groups -OCH3 is 2. The fourth-order valence-corrected chi connectivity index (χ4v) is 2.24. The van der Waals surface area contributed by atoms with Crippen LogP contribution in [0.1, 0.15) is 11.5 Å². The SMILES string of the molecule is COc1cc(OC)n(Cc2ncc(-c3ccccc3C)o2)n1. The van der Waals surface area contributed by atoms with E-state index in [-0.39, 0.29) is 0 Å². The first kappa shape index (κ1) is 14.2. The van der Waals surface area contributed by atoms with Gasteiger partial charge in [-0.15, -0.1) is 5.10 Å². The highest BCUT2D eigenvalue weighted by atomic mass is 16.5. The highest BCUT2D eigenvalue weighted by Gasteiger charge is 2.13. The molecule has 3 rings (SSSR count). The molecule has 0 saturated heterocycles. The summed E-state index contributed by atoms with van der Waals surface area (Å²) in [6.07, 6.45) is 1.73. The van der Waals surface area contributed by atoms with Gasteiger partial charge in [-0.2, -0.15) is 0 Å². The van der Waals surface area contributed by atoms with Crippen molar-refractivity contribution in [3.05, 3.63) is 48.0 Å². The molecule has 114 valence electrons. The van der Waals surface area contributed by atoms with Gasteiger partial charge in [-0.05, 0) is 12.5 Å². The lowest BCUT2D eigenvalue weighted by atomic mass is 10.1. The molecule has 0 spiro atoms. The van der Waals surface area contributed by atoms with Gasteiger partial charge in [-0.1, -0.05) is 24.3 Å². The van der Waals surface area contributed by atoms with Gasteiger partial charge in [0.2, 0.25) is 17.7 Å². The van der Waals surface area contributed by atoms with E-state index in [2.05, 4.69) is 10.1 Å². The molecule has 0 saturated carbocycles. The molecule has 2 heterocycles. The Balaban J connectivity index is 1.86. The summed E-state index contributed by atoms with van der Waals surface area (Å²) in [6, 6.07) is 9.74. The number of oxazole rings is 1. The van der Waals surface area contributed by atoms with Crippen LogP contribution in [0.5, 0.6) is 11.8 Å². The van der Waals surface area contributed by atoms with E-state index < -0.39 is 0 Å². The Morgan fingerprint density at radius 3 is 2.73 bits per heavy atom. The van der Waals surface area contributed by atoms with Crippen LogP contribution in [0.3, 0.4) is 0 Å². The summed E-state index contributed by atoms with van der Waals surface area (Å²) in [7, 11) is 3.15. The maximum Gasteiger partial charge on any atom is 0.236 e. The van der Waals surface area contributed by atoms with Crippen molar-refractivity contribution in [2.24, 2.45) is 0 Å². The zero-order chi connectivity index (χ0) is 15.5. The number of hydrogen-bond donors (Lipinski definition) is 0. The summed E-state index contributed by atoms with van der Waals surface area (Å²) in [6.45, 7) is 2.41. The number of aromatic nitrogens is 3. The van der Waals surface area contributed by atoms with E-state index >= 15 is 0 Å². The van der Waals surface area contributed by atoms with Gasteiger partial charge in [0, 0.05) is 5.56 Å². The predicted molar refractivity (Wildman–Crippen MR) is 81.1 cm³/mol. The van der Waals surface area contributed by atoms with Crippen LogP contribution in [0.15, 0.2) is 40.9 Å². The lowest BCUT2D eigenvalue weighted by Gasteiger charge is -2.03. The van der Waals surface area contributed by atoms with Crippen molar-refractivity contribution < 1.29 is 13.9 Å². The highest BCUT2D eigenvalue weighted by Crippen LogP contribution is 2.25. The summed E-state index contributed by atoms with van der Waals surface area (Å²) >= 11 is 0. The minimum absolute atomic E-state index is 0.373. The van der Waals surface area contributed by atoms with E-state index in [9.17, 15) is 0 Å². The zero-order valence-electron chi connectivity index (χ0n) is 12.7. The molecule has 1 aromatic carbocycles. The molecule has 0 N–H and O–H groups in total. The maximum absolute atomic E-state index is 5.83. The fourth-order valence-electron chi connectivity index (χ4n) is 2.24. The summed E-state index contributed by atoms with van der Waals surface area (Å²) in [4.78, 5) is 4.32. The van der Waals surface area contributed by atoms with E-state index in [4.69, 9.17) is 13.9 Å². The van der Waals surface area contributed by atoms with Crippen molar-refractivity contribution in [2.75, 3.05) is 14.2 Å². The molecule has 3 aromatic rings. The van der Waals surface area contributed by atoms with Gasteiger partial charge in [0.25, 0.3) is 0 Å². The molecule has 0 aliphatic rings. The Bertz CT molecular complexity index is 777. The quantitative estimate of drug-likeness (QED) is 0.725.